The van der Waals surface area contributed by atoms with Gasteiger partial charge >= 0.3 is 0 Å². The number of nitrogens with zero attached hydrogens (tertiary/aromatic N) is 5. The Labute approximate surface area is 101 Å². The lowest BCUT2D eigenvalue weighted by atomic mass is 9.95. The molecule has 92 valence electrons. The van der Waals surface area contributed by atoms with Crippen LogP contribution in [-0.4, -0.2) is 37.8 Å². The van der Waals surface area contributed by atoms with Crippen LogP contribution in [0.1, 0.15) is 26.1 Å². The van der Waals surface area contributed by atoms with Gasteiger partial charge in [0, 0.05) is 19.1 Å². The summed E-state index contributed by atoms with van der Waals surface area (Å²) in [6.45, 7) is 6.52. The molecule has 2 heterocycles. The van der Waals surface area contributed by atoms with E-state index in [9.17, 15) is 0 Å². The maximum atomic E-state index is 8.95. The van der Waals surface area contributed by atoms with Crippen molar-refractivity contribution in [2.45, 2.75) is 44.9 Å². The average Bonchev–Trinajstić information content (AvgIpc) is 2.75. The van der Waals surface area contributed by atoms with Crippen LogP contribution in [0, 0.1) is 11.3 Å². The predicted octanol–water partition coefficient (Wildman–Crippen LogP) is 0.113. The summed E-state index contributed by atoms with van der Waals surface area (Å²) in [6, 6.07) is 2.42. The Bertz CT molecular complexity index is 429. The molecule has 0 saturated heterocycles. The summed E-state index contributed by atoms with van der Waals surface area (Å²) in [5.74, 6) is 0.985. The predicted molar refractivity (Wildman–Crippen MR) is 62.7 cm³/mol. The second-order valence-electron chi connectivity index (χ2n) is 4.99. The lowest BCUT2D eigenvalue weighted by Crippen LogP contribution is -2.46. The van der Waals surface area contributed by atoms with E-state index >= 15 is 0 Å². The lowest BCUT2D eigenvalue weighted by molar-refractivity contribution is 0.145. The normalized spacial score (nSPS) is 21.3. The van der Waals surface area contributed by atoms with Gasteiger partial charge in [0.2, 0.25) is 0 Å². The first-order valence-corrected chi connectivity index (χ1v) is 5.83. The zero-order valence-corrected chi connectivity index (χ0v) is 10.3. The second kappa shape index (κ2) is 4.43. The standard InChI is InChI=1S/C11H18N6/c1-9(5-11(2,13)7-12)16-3-4-17-8-14-15-10(17)6-16/h8-9H,3-6,13H2,1-2H3. The Kier molecular flexibility index (Phi) is 3.13. The van der Waals surface area contributed by atoms with Crippen molar-refractivity contribution < 1.29 is 0 Å². The van der Waals surface area contributed by atoms with Crippen LogP contribution in [0.15, 0.2) is 6.33 Å². The Morgan fingerprint density at radius 3 is 3.12 bits per heavy atom. The van der Waals surface area contributed by atoms with Crippen molar-refractivity contribution in [3.63, 3.8) is 0 Å². The van der Waals surface area contributed by atoms with Crippen LogP contribution in [0.2, 0.25) is 0 Å². The van der Waals surface area contributed by atoms with Crippen molar-refractivity contribution in [3.05, 3.63) is 12.2 Å². The molecular weight excluding hydrogens is 216 g/mol. The van der Waals surface area contributed by atoms with Crippen molar-refractivity contribution >= 4 is 0 Å². The van der Waals surface area contributed by atoms with E-state index in [-0.39, 0.29) is 6.04 Å². The van der Waals surface area contributed by atoms with Gasteiger partial charge in [0.25, 0.3) is 0 Å². The highest BCUT2D eigenvalue weighted by molar-refractivity contribution is 5.03. The van der Waals surface area contributed by atoms with E-state index < -0.39 is 5.54 Å². The van der Waals surface area contributed by atoms with Crippen molar-refractivity contribution in [1.82, 2.24) is 19.7 Å². The third-order valence-electron chi connectivity index (χ3n) is 3.27. The molecule has 0 spiro atoms. The van der Waals surface area contributed by atoms with Gasteiger partial charge in [-0.25, -0.2) is 0 Å². The molecule has 6 nitrogen and oxygen atoms in total. The molecule has 0 fully saturated rings. The molecule has 1 aliphatic rings. The zero-order valence-electron chi connectivity index (χ0n) is 10.3. The van der Waals surface area contributed by atoms with Gasteiger partial charge in [0.1, 0.15) is 17.7 Å². The number of hydrogen-bond acceptors (Lipinski definition) is 5. The van der Waals surface area contributed by atoms with E-state index in [0.29, 0.717) is 6.42 Å². The Hall–Kier alpha value is -1.45. The van der Waals surface area contributed by atoms with Gasteiger partial charge in [0.15, 0.2) is 0 Å². The second-order valence-corrected chi connectivity index (χ2v) is 4.99. The fourth-order valence-electron chi connectivity index (χ4n) is 2.25. The number of fused-ring (bicyclic) bond motifs is 1. The van der Waals surface area contributed by atoms with Gasteiger partial charge < -0.3 is 10.3 Å². The SMILES string of the molecule is CC(CC(C)(N)C#N)N1CCn2cnnc2C1. The molecule has 1 aromatic rings. The summed E-state index contributed by atoms with van der Waals surface area (Å²) in [7, 11) is 0. The molecule has 0 amide bonds. The van der Waals surface area contributed by atoms with Crippen LogP contribution in [0.3, 0.4) is 0 Å². The van der Waals surface area contributed by atoms with Crippen LogP contribution in [0.5, 0.6) is 0 Å². The van der Waals surface area contributed by atoms with Crippen molar-refractivity contribution in [2.75, 3.05) is 6.54 Å². The summed E-state index contributed by atoms with van der Waals surface area (Å²) < 4.78 is 2.06. The highest BCUT2D eigenvalue weighted by atomic mass is 15.3. The summed E-state index contributed by atoms with van der Waals surface area (Å²) in [5.41, 5.74) is 5.12. The number of nitriles is 1. The van der Waals surface area contributed by atoms with Crippen LogP contribution < -0.4 is 5.73 Å². The van der Waals surface area contributed by atoms with Gasteiger partial charge in [-0.2, -0.15) is 5.26 Å². The van der Waals surface area contributed by atoms with E-state index in [1.165, 1.54) is 0 Å². The van der Waals surface area contributed by atoms with Crippen LogP contribution >= 0.6 is 0 Å². The number of rotatable bonds is 3. The highest BCUT2D eigenvalue weighted by Gasteiger charge is 2.27. The zero-order chi connectivity index (χ0) is 12.5. The minimum atomic E-state index is -0.759. The Morgan fingerprint density at radius 2 is 2.41 bits per heavy atom. The fourth-order valence-corrected chi connectivity index (χ4v) is 2.25. The van der Waals surface area contributed by atoms with Crippen molar-refractivity contribution in [3.8, 4) is 6.07 Å². The van der Waals surface area contributed by atoms with Crippen LogP contribution in [-0.2, 0) is 13.1 Å². The number of nitrogens with two attached hydrogens (primary N) is 1. The maximum Gasteiger partial charge on any atom is 0.147 e. The Balaban J connectivity index is 1.99. The molecule has 0 aliphatic carbocycles. The molecule has 0 radical (unpaired) electrons. The molecule has 2 unspecified atom stereocenters. The monoisotopic (exact) mass is 234 g/mol. The molecule has 0 bridgehead atoms. The van der Waals surface area contributed by atoms with Crippen LogP contribution in [0.4, 0.5) is 0 Å². The smallest absolute Gasteiger partial charge is 0.147 e. The molecule has 2 N–H and O–H groups in total. The third-order valence-corrected chi connectivity index (χ3v) is 3.27. The third kappa shape index (κ3) is 2.62. The summed E-state index contributed by atoms with van der Waals surface area (Å²) >= 11 is 0. The van der Waals surface area contributed by atoms with Gasteiger partial charge in [-0.1, -0.05) is 0 Å². The molecule has 1 aliphatic heterocycles. The van der Waals surface area contributed by atoms with E-state index in [1.807, 2.05) is 0 Å². The maximum absolute atomic E-state index is 8.95. The molecule has 2 atom stereocenters. The number of hydrogen-bond donors (Lipinski definition) is 1. The molecule has 1 aromatic heterocycles. The van der Waals surface area contributed by atoms with Gasteiger partial charge in [-0.3, -0.25) is 4.90 Å². The van der Waals surface area contributed by atoms with E-state index in [1.54, 1.807) is 13.3 Å². The van der Waals surface area contributed by atoms with Gasteiger partial charge in [-0.15, -0.1) is 10.2 Å². The average molecular weight is 234 g/mol. The van der Waals surface area contributed by atoms with Gasteiger partial charge in [-0.05, 0) is 20.3 Å². The fraction of sp³-hybridized carbons (Fsp3) is 0.727. The van der Waals surface area contributed by atoms with E-state index in [2.05, 4.69) is 32.7 Å². The Morgan fingerprint density at radius 1 is 1.65 bits per heavy atom. The van der Waals surface area contributed by atoms with Crippen LogP contribution in [0.25, 0.3) is 0 Å². The van der Waals surface area contributed by atoms with E-state index in [4.69, 9.17) is 11.0 Å². The van der Waals surface area contributed by atoms with Gasteiger partial charge in [0.05, 0.1) is 12.6 Å². The molecule has 0 aromatic carbocycles. The summed E-state index contributed by atoms with van der Waals surface area (Å²) in [5, 5.41) is 16.9. The minimum absolute atomic E-state index is 0.273. The first kappa shape index (κ1) is 12.0. The number of aromatic nitrogens is 3. The molecule has 2 rings (SSSR count). The van der Waals surface area contributed by atoms with Crippen molar-refractivity contribution in [1.29, 1.82) is 5.26 Å². The molecule has 6 heteroatoms. The first-order valence-electron chi connectivity index (χ1n) is 5.83. The molecule has 17 heavy (non-hydrogen) atoms. The topological polar surface area (TPSA) is 83.8 Å². The largest absolute Gasteiger partial charge is 0.315 e. The molecular formula is C11H18N6. The van der Waals surface area contributed by atoms with Crippen molar-refractivity contribution in [2.24, 2.45) is 5.73 Å². The minimum Gasteiger partial charge on any atom is -0.315 e. The van der Waals surface area contributed by atoms with E-state index in [0.717, 1.165) is 25.5 Å². The summed E-state index contributed by atoms with van der Waals surface area (Å²) in [4.78, 5) is 2.30. The summed E-state index contributed by atoms with van der Waals surface area (Å²) in [6.07, 6.45) is 2.43. The lowest BCUT2D eigenvalue weighted by Gasteiger charge is -2.34. The highest BCUT2D eigenvalue weighted by Crippen LogP contribution is 2.18. The quantitative estimate of drug-likeness (QED) is 0.802. The first-order chi connectivity index (χ1) is 8.02. The molecule has 0 saturated carbocycles.